The molecule has 0 aromatic rings. The summed E-state index contributed by atoms with van der Waals surface area (Å²) in [6.07, 6.45) is 0.233. The van der Waals surface area contributed by atoms with E-state index in [1.165, 1.54) is 0 Å². The van der Waals surface area contributed by atoms with Gasteiger partial charge in [-0.2, -0.15) is 4.39 Å². The van der Waals surface area contributed by atoms with Crippen LogP contribution in [0.1, 0.15) is 0 Å². The van der Waals surface area contributed by atoms with Gasteiger partial charge in [0.25, 0.3) is 6.29 Å². The van der Waals surface area contributed by atoms with Gasteiger partial charge in [0.15, 0.2) is 0 Å². The van der Waals surface area contributed by atoms with Gasteiger partial charge in [0.1, 0.15) is 6.33 Å². The fourth-order valence-corrected chi connectivity index (χ4v) is 0.0223. The minimum atomic E-state index is -1.50. The number of rotatable bonds is 1. The zero-order chi connectivity index (χ0) is 4.99. The van der Waals surface area contributed by atoms with Crippen LogP contribution in [0.15, 0.2) is 12.2 Å². The van der Waals surface area contributed by atoms with E-state index in [9.17, 15) is 8.78 Å². The molecule has 0 aromatic carbocycles. The first kappa shape index (κ1) is 5.27. The summed E-state index contributed by atoms with van der Waals surface area (Å²) in [7, 11) is 0. The van der Waals surface area contributed by atoms with Gasteiger partial charge in [-0.25, -0.2) is 4.39 Å². The molecule has 3 heteroatoms. The van der Waals surface area contributed by atoms with Gasteiger partial charge in [-0.3, -0.25) is 4.79 Å². The van der Waals surface area contributed by atoms with Gasteiger partial charge < -0.3 is 0 Å². The van der Waals surface area contributed by atoms with Gasteiger partial charge in [0.05, 0.1) is 0 Å². The number of hydrogen-bond donors (Lipinski definition) is 0. The summed E-state index contributed by atoms with van der Waals surface area (Å²) in [5, 5.41) is 0. The maximum absolute atomic E-state index is 10.9. The molecule has 0 N–H and O–H groups in total. The van der Waals surface area contributed by atoms with E-state index in [1.54, 1.807) is 0 Å². The summed E-state index contributed by atoms with van der Waals surface area (Å²) in [6, 6.07) is 0. The van der Waals surface area contributed by atoms with Crippen LogP contribution < -0.4 is 0 Å². The monoisotopic (exact) mass is 91.0 g/mol. The second-order valence-electron chi connectivity index (χ2n) is 0.559. The fourth-order valence-electron chi connectivity index (χ4n) is 0.0223. The minimum Gasteiger partial charge on any atom is -0.282 e. The molecule has 1 radical (unpaired) electrons. The summed E-state index contributed by atoms with van der Waals surface area (Å²) in [5.74, 6) is -1.50. The molecule has 0 unspecified atom stereocenters. The molecule has 0 aliphatic carbocycles. The smallest absolute Gasteiger partial charge is 0.266 e. The number of carbonyl (C=O) groups excluding carboxylic acids is 1. The van der Waals surface area contributed by atoms with Crippen molar-refractivity contribution in [3.05, 3.63) is 12.2 Å². The van der Waals surface area contributed by atoms with Gasteiger partial charge in [-0.1, -0.05) is 0 Å². The molecule has 0 saturated heterocycles. The van der Waals surface area contributed by atoms with Crippen LogP contribution >= 0.6 is 0 Å². The van der Waals surface area contributed by atoms with Crippen LogP contribution in [-0.4, -0.2) is 6.29 Å². The SMILES string of the molecule is O=[C]C(F)=CF. The Hall–Kier alpha value is -0.730. The van der Waals surface area contributed by atoms with Crippen LogP contribution in [0.3, 0.4) is 0 Å². The van der Waals surface area contributed by atoms with Crippen molar-refractivity contribution < 1.29 is 13.6 Å². The minimum absolute atomic E-state index is 0.451. The maximum atomic E-state index is 10.9. The topological polar surface area (TPSA) is 17.1 Å². The van der Waals surface area contributed by atoms with Gasteiger partial charge in [-0.15, -0.1) is 0 Å². The summed E-state index contributed by atoms with van der Waals surface area (Å²) in [5.41, 5.74) is 0. The Morgan fingerprint density at radius 2 is 2.33 bits per heavy atom. The van der Waals surface area contributed by atoms with Crippen molar-refractivity contribution in [1.29, 1.82) is 0 Å². The highest BCUT2D eigenvalue weighted by molar-refractivity contribution is 5.69. The van der Waals surface area contributed by atoms with Crippen molar-refractivity contribution in [2.75, 3.05) is 0 Å². The lowest BCUT2D eigenvalue weighted by Gasteiger charge is -1.63. The van der Waals surface area contributed by atoms with Gasteiger partial charge in [0, 0.05) is 0 Å². The lowest BCUT2D eigenvalue weighted by molar-refractivity contribution is 0.534. The highest BCUT2D eigenvalue weighted by atomic mass is 19.2. The van der Waals surface area contributed by atoms with Crippen molar-refractivity contribution >= 4 is 6.29 Å². The van der Waals surface area contributed by atoms with Crippen LogP contribution in [0.4, 0.5) is 8.78 Å². The lowest BCUT2D eigenvalue weighted by atomic mass is 10.7. The number of allylic oxidation sites excluding steroid dienone is 1. The quantitative estimate of drug-likeness (QED) is 0.438. The Bertz CT molecular complexity index is 76.9. The third-order valence-electron chi connectivity index (χ3n) is 0.193. The van der Waals surface area contributed by atoms with Crippen LogP contribution in [0.25, 0.3) is 0 Å². The largest absolute Gasteiger partial charge is 0.282 e. The molecule has 1 nitrogen and oxygen atoms in total. The predicted octanol–water partition coefficient (Wildman–Crippen LogP) is 0.877. The highest BCUT2D eigenvalue weighted by Gasteiger charge is 1.85. The number of hydrogen-bond acceptors (Lipinski definition) is 1. The van der Waals surface area contributed by atoms with Crippen molar-refractivity contribution in [3.8, 4) is 0 Å². The average molecular weight is 91.0 g/mol. The summed E-state index contributed by atoms with van der Waals surface area (Å²) < 4.78 is 21.5. The average Bonchev–Trinajstić information content (AvgIpc) is 1.65. The maximum Gasteiger partial charge on any atom is 0.266 e. The van der Waals surface area contributed by atoms with Crippen LogP contribution in [0.5, 0.6) is 0 Å². The highest BCUT2D eigenvalue weighted by Crippen LogP contribution is 1.87. The first-order valence-corrected chi connectivity index (χ1v) is 1.15. The van der Waals surface area contributed by atoms with E-state index >= 15 is 0 Å². The molecule has 0 aliphatic heterocycles. The van der Waals surface area contributed by atoms with Crippen LogP contribution in [0, 0.1) is 0 Å². The molecular weight excluding hydrogens is 90.0 g/mol. The lowest BCUT2D eigenvalue weighted by Crippen LogP contribution is -1.65. The molecule has 0 aromatic heterocycles. The Morgan fingerprint density at radius 1 is 1.83 bits per heavy atom. The standard InChI is InChI=1S/C3HF2O/c4-1-3(5)2-6/h1H. The second-order valence-corrected chi connectivity index (χ2v) is 0.559. The summed E-state index contributed by atoms with van der Waals surface area (Å²) in [6.45, 7) is 0. The van der Waals surface area contributed by atoms with Crippen molar-refractivity contribution in [1.82, 2.24) is 0 Å². The summed E-state index contributed by atoms with van der Waals surface area (Å²) >= 11 is 0. The molecular formula is C3HF2O. The Balaban J connectivity index is 3.50. The Morgan fingerprint density at radius 3 is 2.33 bits per heavy atom. The third-order valence-corrected chi connectivity index (χ3v) is 0.193. The van der Waals surface area contributed by atoms with E-state index in [1.807, 2.05) is 0 Å². The molecule has 0 saturated carbocycles. The van der Waals surface area contributed by atoms with Crippen molar-refractivity contribution in [3.63, 3.8) is 0 Å². The van der Waals surface area contributed by atoms with Gasteiger partial charge in [-0.05, 0) is 0 Å². The van der Waals surface area contributed by atoms with Crippen LogP contribution in [-0.2, 0) is 4.79 Å². The molecule has 0 amide bonds. The second kappa shape index (κ2) is 2.50. The molecule has 0 atom stereocenters. The molecule has 33 valence electrons. The zero-order valence-electron chi connectivity index (χ0n) is 2.74. The fraction of sp³-hybridized carbons (Fsp3) is 0. The molecule has 0 aliphatic rings. The molecule has 6 heavy (non-hydrogen) atoms. The Labute approximate surface area is 33.3 Å². The van der Waals surface area contributed by atoms with Crippen molar-refractivity contribution in [2.45, 2.75) is 0 Å². The molecule has 0 rings (SSSR count). The third kappa shape index (κ3) is 1.58. The van der Waals surface area contributed by atoms with E-state index in [0.717, 1.165) is 0 Å². The first-order chi connectivity index (χ1) is 2.81. The van der Waals surface area contributed by atoms with Gasteiger partial charge in [0.2, 0.25) is 5.83 Å². The zero-order valence-corrected chi connectivity index (χ0v) is 2.74. The van der Waals surface area contributed by atoms with E-state index in [4.69, 9.17) is 4.79 Å². The number of halogens is 2. The van der Waals surface area contributed by atoms with E-state index in [0.29, 0.717) is 6.29 Å². The predicted molar refractivity (Wildman–Crippen MR) is 16.0 cm³/mol. The van der Waals surface area contributed by atoms with E-state index in [-0.39, 0.29) is 0 Å². The van der Waals surface area contributed by atoms with Crippen molar-refractivity contribution in [2.24, 2.45) is 0 Å². The van der Waals surface area contributed by atoms with E-state index < -0.39 is 12.2 Å². The van der Waals surface area contributed by atoms with E-state index in [2.05, 4.69) is 0 Å². The first-order valence-electron chi connectivity index (χ1n) is 1.15. The van der Waals surface area contributed by atoms with Gasteiger partial charge >= 0.3 is 0 Å². The summed E-state index contributed by atoms with van der Waals surface area (Å²) in [4.78, 5) is 8.93. The normalized spacial score (nSPS) is 11.3. The Kier molecular flexibility index (Phi) is 2.20. The molecule has 0 spiro atoms. The molecule has 0 heterocycles. The van der Waals surface area contributed by atoms with Crippen LogP contribution in [0.2, 0.25) is 0 Å². The molecule has 0 fully saturated rings. The molecule has 0 bridgehead atoms.